The lowest BCUT2D eigenvalue weighted by atomic mass is 10.1. The third-order valence-electron chi connectivity index (χ3n) is 5.23. The summed E-state index contributed by atoms with van der Waals surface area (Å²) in [5.41, 5.74) is -0.0882. The van der Waals surface area contributed by atoms with Gasteiger partial charge in [-0.15, -0.1) is 0 Å². The number of hydrogen-bond acceptors (Lipinski definition) is 7. The van der Waals surface area contributed by atoms with Gasteiger partial charge in [0, 0.05) is 12.1 Å². The van der Waals surface area contributed by atoms with E-state index in [4.69, 9.17) is 21.1 Å². The van der Waals surface area contributed by atoms with Crippen molar-refractivity contribution in [3.8, 4) is 11.5 Å². The molecular formula is C24H24ClN3O7. The lowest BCUT2D eigenvalue weighted by Crippen LogP contribution is -2.54. The number of methoxy groups -OCH3 is 1. The molecule has 4 amide bonds. The summed E-state index contributed by atoms with van der Waals surface area (Å²) < 4.78 is 11.2. The van der Waals surface area contributed by atoms with Crippen molar-refractivity contribution >= 4 is 46.9 Å². The predicted octanol–water partition coefficient (Wildman–Crippen LogP) is 4.88. The molecule has 3 rings (SSSR count). The van der Waals surface area contributed by atoms with Crippen LogP contribution in [-0.4, -0.2) is 36.5 Å². The van der Waals surface area contributed by atoms with Gasteiger partial charge < -0.3 is 9.47 Å². The Kier molecular flexibility index (Phi) is 8.43. The minimum absolute atomic E-state index is 0.0685. The number of non-ortho nitro benzene ring substituents is 1. The van der Waals surface area contributed by atoms with Gasteiger partial charge in [-0.25, -0.2) is 9.69 Å². The summed E-state index contributed by atoms with van der Waals surface area (Å²) >= 11 is 6.39. The van der Waals surface area contributed by atoms with E-state index in [1.54, 1.807) is 6.07 Å². The monoisotopic (exact) mass is 501 g/mol. The molecule has 35 heavy (non-hydrogen) atoms. The minimum atomic E-state index is -0.964. The molecule has 0 aromatic heterocycles. The number of rotatable bonds is 10. The number of halogens is 1. The average molecular weight is 502 g/mol. The molecule has 2 aromatic rings. The lowest BCUT2D eigenvalue weighted by molar-refractivity contribution is -0.384. The highest BCUT2D eigenvalue weighted by Gasteiger charge is 2.37. The summed E-state index contributed by atoms with van der Waals surface area (Å²) in [5, 5.41) is 13.2. The quantitative estimate of drug-likeness (QED) is 0.161. The number of imide groups is 2. The van der Waals surface area contributed by atoms with E-state index < -0.39 is 22.8 Å². The number of nitro groups is 1. The second kappa shape index (κ2) is 11.5. The zero-order valence-corrected chi connectivity index (χ0v) is 20.0. The summed E-state index contributed by atoms with van der Waals surface area (Å²) in [7, 11) is 1.44. The highest BCUT2D eigenvalue weighted by atomic mass is 35.5. The highest BCUT2D eigenvalue weighted by Crippen LogP contribution is 2.37. The molecule has 0 unspecified atom stereocenters. The molecule has 1 saturated heterocycles. The first-order valence-corrected chi connectivity index (χ1v) is 11.3. The lowest BCUT2D eigenvalue weighted by Gasteiger charge is -2.26. The van der Waals surface area contributed by atoms with Crippen LogP contribution < -0.4 is 19.7 Å². The van der Waals surface area contributed by atoms with Crippen molar-refractivity contribution in [1.29, 1.82) is 0 Å². The fraction of sp³-hybridized carbons (Fsp3) is 0.292. The van der Waals surface area contributed by atoms with Crippen LogP contribution >= 0.6 is 11.6 Å². The van der Waals surface area contributed by atoms with Crippen LogP contribution in [0.2, 0.25) is 5.02 Å². The molecule has 0 aliphatic carbocycles. The number of hydrogen-bond donors (Lipinski definition) is 1. The first-order valence-electron chi connectivity index (χ1n) is 10.9. The van der Waals surface area contributed by atoms with Crippen molar-refractivity contribution in [2.45, 2.75) is 32.6 Å². The van der Waals surface area contributed by atoms with Crippen LogP contribution in [0, 0.1) is 10.1 Å². The SMILES string of the molecule is CCCCCCOc1c(Cl)cc(/C=C2/C(=O)NC(=O)N(c3ccc([N+](=O)[O-])cc3)C2=O)cc1OC. The molecule has 1 heterocycles. The van der Waals surface area contributed by atoms with E-state index in [9.17, 15) is 24.5 Å². The van der Waals surface area contributed by atoms with E-state index in [1.807, 2.05) is 0 Å². The molecule has 184 valence electrons. The largest absolute Gasteiger partial charge is 0.493 e. The van der Waals surface area contributed by atoms with Crippen molar-refractivity contribution in [2.24, 2.45) is 0 Å². The third-order valence-corrected chi connectivity index (χ3v) is 5.51. The van der Waals surface area contributed by atoms with Crippen LogP contribution in [0.1, 0.15) is 38.2 Å². The molecule has 10 nitrogen and oxygen atoms in total. The number of carbonyl (C=O) groups is 3. The van der Waals surface area contributed by atoms with E-state index in [1.165, 1.54) is 31.4 Å². The molecule has 0 spiro atoms. The maximum Gasteiger partial charge on any atom is 0.335 e. The Morgan fingerprint density at radius 2 is 1.83 bits per heavy atom. The van der Waals surface area contributed by atoms with Crippen LogP contribution in [-0.2, 0) is 9.59 Å². The first-order chi connectivity index (χ1) is 16.8. The number of barbiturate groups is 1. The number of amides is 4. The molecule has 1 aliphatic heterocycles. The molecule has 2 aromatic carbocycles. The number of nitrogens with zero attached hydrogens (tertiary/aromatic N) is 2. The number of anilines is 1. The van der Waals surface area contributed by atoms with Crippen LogP contribution in [0.25, 0.3) is 6.08 Å². The normalized spacial score (nSPS) is 14.8. The van der Waals surface area contributed by atoms with Gasteiger partial charge in [0.25, 0.3) is 17.5 Å². The van der Waals surface area contributed by atoms with E-state index in [0.29, 0.717) is 23.7 Å². The maximum atomic E-state index is 13.1. The highest BCUT2D eigenvalue weighted by molar-refractivity contribution is 6.39. The van der Waals surface area contributed by atoms with Gasteiger partial charge in [-0.05, 0) is 42.3 Å². The van der Waals surface area contributed by atoms with Gasteiger partial charge in [0.1, 0.15) is 5.57 Å². The molecule has 1 fully saturated rings. The number of nitro benzene ring substituents is 1. The number of ether oxygens (including phenoxy) is 2. The summed E-state index contributed by atoms with van der Waals surface area (Å²) in [6.07, 6.45) is 5.38. The van der Waals surface area contributed by atoms with Crippen LogP contribution in [0.15, 0.2) is 42.0 Å². The molecule has 11 heteroatoms. The van der Waals surface area contributed by atoms with Crippen molar-refractivity contribution in [2.75, 3.05) is 18.6 Å². The van der Waals surface area contributed by atoms with Crippen molar-refractivity contribution in [3.05, 3.63) is 62.7 Å². The average Bonchev–Trinajstić information content (AvgIpc) is 2.82. The Bertz CT molecular complexity index is 1180. The standard InChI is InChI=1S/C24H24ClN3O7/c1-3-4-5-6-11-35-21-19(25)13-15(14-20(21)34-2)12-18-22(29)26-24(31)27(23(18)30)16-7-9-17(10-8-16)28(32)33/h7-10,12-14H,3-6,11H2,1-2H3,(H,26,29,31)/b18-12-. The molecule has 0 radical (unpaired) electrons. The van der Waals surface area contributed by atoms with Gasteiger partial charge in [0.05, 0.1) is 29.4 Å². The molecule has 1 aliphatic rings. The number of carbonyl (C=O) groups excluding carboxylic acids is 3. The van der Waals surface area contributed by atoms with Gasteiger partial charge in [-0.3, -0.25) is 25.0 Å². The topological polar surface area (TPSA) is 128 Å². The zero-order chi connectivity index (χ0) is 25.5. The molecule has 0 atom stereocenters. The number of nitrogens with one attached hydrogen (secondary N) is 1. The number of unbranched alkanes of at least 4 members (excludes halogenated alkanes) is 3. The van der Waals surface area contributed by atoms with E-state index >= 15 is 0 Å². The van der Waals surface area contributed by atoms with Crippen molar-refractivity contribution in [3.63, 3.8) is 0 Å². The van der Waals surface area contributed by atoms with E-state index in [2.05, 4.69) is 12.2 Å². The third kappa shape index (κ3) is 5.96. The molecular weight excluding hydrogens is 478 g/mol. The second-order valence-corrected chi connectivity index (χ2v) is 8.08. The van der Waals surface area contributed by atoms with Gasteiger partial charge in [0.2, 0.25) is 0 Å². The number of benzene rings is 2. The predicted molar refractivity (Wildman–Crippen MR) is 130 cm³/mol. The van der Waals surface area contributed by atoms with Crippen LogP contribution in [0.5, 0.6) is 11.5 Å². The van der Waals surface area contributed by atoms with Gasteiger partial charge in [0.15, 0.2) is 11.5 Å². The van der Waals surface area contributed by atoms with Gasteiger partial charge >= 0.3 is 6.03 Å². The second-order valence-electron chi connectivity index (χ2n) is 7.67. The van der Waals surface area contributed by atoms with Crippen molar-refractivity contribution in [1.82, 2.24) is 5.32 Å². The summed E-state index contributed by atoms with van der Waals surface area (Å²) in [6, 6.07) is 6.92. The maximum absolute atomic E-state index is 13.1. The Balaban J connectivity index is 1.88. The van der Waals surface area contributed by atoms with Crippen molar-refractivity contribution < 1.29 is 28.8 Å². The zero-order valence-electron chi connectivity index (χ0n) is 19.2. The van der Waals surface area contributed by atoms with Gasteiger partial charge in [-0.2, -0.15) is 0 Å². The fourth-order valence-corrected chi connectivity index (χ4v) is 3.72. The number of urea groups is 1. The Labute approximate surface area is 206 Å². The molecule has 0 bridgehead atoms. The molecule has 0 saturated carbocycles. The Morgan fingerprint density at radius 1 is 1.11 bits per heavy atom. The minimum Gasteiger partial charge on any atom is -0.493 e. The first kappa shape index (κ1) is 25.7. The summed E-state index contributed by atoms with van der Waals surface area (Å²) in [4.78, 5) is 48.9. The smallest absolute Gasteiger partial charge is 0.335 e. The van der Waals surface area contributed by atoms with Crippen LogP contribution in [0.3, 0.4) is 0 Å². The van der Waals surface area contributed by atoms with Gasteiger partial charge in [-0.1, -0.05) is 37.8 Å². The molecule has 1 N–H and O–H groups in total. The van der Waals surface area contributed by atoms with E-state index in [-0.39, 0.29) is 22.0 Å². The van der Waals surface area contributed by atoms with Crippen LogP contribution in [0.4, 0.5) is 16.2 Å². The fourth-order valence-electron chi connectivity index (χ4n) is 3.45. The Morgan fingerprint density at radius 3 is 2.46 bits per heavy atom. The summed E-state index contributed by atoms with van der Waals surface area (Å²) in [6.45, 7) is 2.58. The Hall–Kier alpha value is -3.92. The van der Waals surface area contributed by atoms with E-state index in [0.717, 1.165) is 42.7 Å². The summed E-state index contributed by atoms with van der Waals surface area (Å²) in [5.74, 6) is -1.09.